The number of hydrogen-bond acceptors (Lipinski definition) is 2. The van der Waals surface area contributed by atoms with Crippen molar-refractivity contribution in [3.8, 4) is 5.75 Å². The van der Waals surface area contributed by atoms with Gasteiger partial charge in [-0.2, -0.15) is 0 Å². The van der Waals surface area contributed by atoms with Crippen LogP contribution in [0.2, 0.25) is 0 Å². The van der Waals surface area contributed by atoms with Gasteiger partial charge in [-0.25, -0.2) is 0 Å². The van der Waals surface area contributed by atoms with E-state index in [2.05, 4.69) is 47.2 Å². The van der Waals surface area contributed by atoms with E-state index in [9.17, 15) is 0 Å². The lowest BCUT2D eigenvalue weighted by Gasteiger charge is -2.22. The summed E-state index contributed by atoms with van der Waals surface area (Å²) >= 11 is 0. The first-order valence-corrected chi connectivity index (χ1v) is 8.72. The molecule has 0 aliphatic carbocycles. The molecule has 0 atom stereocenters. The van der Waals surface area contributed by atoms with Gasteiger partial charge in [-0.3, -0.25) is 0 Å². The average molecular weight is 321 g/mol. The molecule has 0 spiro atoms. The quantitative estimate of drug-likeness (QED) is 0.683. The largest absolute Gasteiger partial charge is 0.489 e. The predicted octanol–water partition coefficient (Wildman–Crippen LogP) is 4.65. The molecule has 0 radical (unpaired) electrons. The number of fused-ring (bicyclic) bond motifs is 1. The van der Waals surface area contributed by atoms with E-state index < -0.39 is 0 Å². The maximum Gasteiger partial charge on any atom is 0.120 e. The van der Waals surface area contributed by atoms with Crippen LogP contribution < -0.4 is 4.74 Å². The third-order valence-electron chi connectivity index (χ3n) is 4.79. The Bertz CT molecular complexity index is 788. The highest BCUT2D eigenvalue weighted by Gasteiger charge is 2.15. The minimum absolute atomic E-state index is 0.606. The molecule has 2 aromatic carbocycles. The Morgan fingerprint density at radius 1 is 1.00 bits per heavy atom. The smallest absolute Gasteiger partial charge is 0.120 e. The van der Waals surface area contributed by atoms with Gasteiger partial charge in [-0.1, -0.05) is 30.3 Å². The lowest BCUT2D eigenvalue weighted by molar-refractivity contribution is 0.0616. The summed E-state index contributed by atoms with van der Waals surface area (Å²) in [5, 5.41) is 1.24. The van der Waals surface area contributed by atoms with Gasteiger partial charge >= 0.3 is 0 Å². The molecule has 1 fully saturated rings. The molecule has 3 aromatic rings. The zero-order chi connectivity index (χ0) is 16.2. The van der Waals surface area contributed by atoms with Crippen molar-refractivity contribution in [1.82, 2.24) is 4.57 Å². The predicted molar refractivity (Wildman–Crippen MR) is 96.3 cm³/mol. The number of ether oxygens (including phenoxy) is 2. The molecule has 1 aromatic heterocycles. The van der Waals surface area contributed by atoms with Crippen LogP contribution in [0.3, 0.4) is 0 Å². The Labute approximate surface area is 142 Å². The fourth-order valence-corrected chi connectivity index (χ4v) is 3.38. The Hall–Kier alpha value is -2.26. The minimum Gasteiger partial charge on any atom is -0.489 e. The van der Waals surface area contributed by atoms with Crippen molar-refractivity contribution in [1.29, 1.82) is 0 Å². The zero-order valence-electron chi connectivity index (χ0n) is 13.9. The zero-order valence-corrected chi connectivity index (χ0v) is 13.9. The van der Waals surface area contributed by atoms with Crippen LogP contribution in [0.5, 0.6) is 5.75 Å². The van der Waals surface area contributed by atoms with Crippen LogP contribution in [-0.2, 0) is 17.9 Å². The van der Waals surface area contributed by atoms with Gasteiger partial charge in [-0.15, -0.1) is 0 Å². The van der Waals surface area contributed by atoms with Gasteiger partial charge in [0.2, 0.25) is 0 Å². The standard InChI is InChI=1S/C21H23NO2/c1-2-4-18(5-3-1)16-24-20-6-7-21-19(14-20)8-11-22(21)15-17-9-12-23-13-10-17/h1-8,11,14,17H,9-10,12-13,15-16H2. The number of nitrogens with zero attached hydrogens (tertiary/aromatic N) is 1. The summed E-state index contributed by atoms with van der Waals surface area (Å²) in [7, 11) is 0. The number of hydrogen-bond donors (Lipinski definition) is 0. The molecule has 3 heteroatoms. The monoisotopic (exact) mass is 321 g/mol. The van der Waals surface area contributed by atoms with Crippen molar-refractivity contribution in [3.05, 3.63) is 66.4 Å². The highest BCUT2D eigenvalue weighted by molar-refractivity contribution is 5.81. The lowest BCUT2D eigenvalue weighted by Crippen LogP contribution is -2.19. The molecular weight excluding hydrogens is 298 g/mol. The van der Waals surface area contributed by atoms with Crippen molar-refractivity contribution in [2.24, 2.45) is 5.92 Å². The second-order valence-corrected chi connectivity index (χ2v) is 6.52. The summed E-state index contributed by atoms with van der Waals surface area (Å²) in [5.41, 5.74) is 2.48. The first-order chi connectivity index (χ1) is 11.9. The normalized spacial score (nSPS) is 15.7. The van der Waals surface area contributed by atoms with Crippen LogP contribution in [0.25, 0.3) is 10.9 Å². The van der Waals surface area contributed by atoms with Crippen molar-refractivity contribution >= 4 is 10.9 Å². The second kappa shape index (κ2) is 7.10. The SMILES string of the molecule is c1ccc(COc2ccc3c(ccn3CC3CCOCC3)c2)cc1. The lowest BCUT2D eigenvalue weighted by atomic mass is 10.0. The Morgan fingerprint density at radius 3 is 2.67 bits per heavy atom. The van der Waals surface area contributed by atoms with E-state index >= 15 is 0 Å². The van der Waals surface area contributed by atoms with E-state index in [4.69, 9.17) is 9.47 Å². The van der Waals surface area contributed by atoms with E-state index in [1.54, 1.807) is 0 Å². The first kappa shape index (κ1) is 15.3. The minimum atomic E-state index is 0.606. The molecule has 2 heterocycles. The highest BCUT2D eigenvalue weighted by atomic mass is 16.5. The van der Waals surface area contributed by atoms with Gasteiger partial charge in [-0.05, 0) is 48.6 Å². The highest BCUT2D eigenvalue weighted by Crippen LogP contribution is 2.25. The summed E-state index contributed by atoms with van der Waals surface area (Å²) < 4.78 is 13.8. The molecule has 1 saturated heterocycles. The number of rotatable bonds is 5. The van der Waals surface area contributed by atoms with E-state index in [1.165, 1.54) is 16.5 Å². The van der Waals surface area contributed by atoms with Gasteiger partial charge in [0.25, 0.3) is 0 Å². The van der Waals surface area contributed by atoms with Gasteiger partial charge in [0, 0.05) is 36.9 Å². The van der Waals surface area contributed by atoms with Crippen molar-refractivity contribution in [2.45, 2.75) is 26.0 Å². The van der Waals surface area contributed by atoms with Gasteiger partial charge < -0.3 is 14.0 Å². The molecule has 124 valence electrons. The fraction of sp³-hybridized carbons (Fsp3) is 0.333. The topological polar surface area (TPSA) is 23.4 Å². The summed E-state index contributed by atoms with van der Waals surface area (Å²) in [6, 6.07) is 18.8. The average Bonchev–Trinajstić information content (AvgIpc) is 3.04. The Balaban J connectivity index is 1.46. The molecule has 0 N–H and O–H groups in total. The van der Waals surface area contributed by atoms with Crippen LogP contribution >= 0.6 is 0 Å². The summed E-state index contributed by atoms with van der Waals surface area (Å²) in [5.74, 6) is 1.65. The molecule has 24 heavy (non-hydrogen) atoms. The Morgan fingerprint density at radius 2 is 1.83 bits per heavy atom. The van der Waals surface area contributed by atoms with Crippen molar-refractivity contribution in [3.63, 3.8) is 0 Å². The second-order valence-electron chi connectivity index (χ2n) is 6.52. The Kier molecular flexibility index (Phi) is 4.52. The van der Waals surface area contributed by atoms with E-state index in [0.29, 0.717) is 6.61 Å². The molecule has 0 amide bonds. The molecule has 0 unspecified atom stereocenters. The van der Waals surface area contributed by atoms with Crippen molar-refractivity contribution in [2.75, 3.05) is 13.2 Å². The van der Waals surface area contributed by atoms with E-state index in [0.717, 1.165) is 44.3 Å². The third-order valence-corrected chi connectivity index (χ3v) is 4.79. The maximum atomic E-state index is 5.93. The molecule has 1 aliphatic heterocycles. The summed E-state index contributed by atoms with van der Waals surface area (Å²) in [6.07, 6.45) is 4.52. The molecule has 3 nitrogen and oxygen atoms in total. The van der Waals surface area contributed by atoms with Gasteiger partial charge in [0.15, 0.2) is 0 Å². The molecule has 0 bridgehead atoms. The van der Waals surface area contributed by atoms with Crippen LogP contribution in [0, 0.1) is 5.92 Å². The van der Waals surface area contributed by atoms with Crippen LogP contribution in [0.4, 0.5) is 0 Å². The van der Waals surface area contributed by atoms with Gasteiger partial charge in [0.05, 0.1) is 0 Å². The number of benzene rings is 2. The fourth-order valence-electron chi connectivity index (χ4n) is 3.38. The van der Waals surface area contributed by atoms with Crippen LogP contribution in [-0.4, -0.2) is 17.8 Å². The first-order valence-electron chi connectivity index (χ1n) is 8.72. The van der Waals surface area contributed by atoms with E-state index in [-0.39, 0.29) is 0 Å². The molecular formula is C21H23NO2. The number of aromatic nitrogens is 1. The maximum absolute atomic E-state index is 5.93. The van der Waals surface area contributed by atoms with E-state index in [1.807, 2.05) is 18.2 Å². The molecule has 1 aliphatic rings. The summed E-state index contributed by atoms with van der Waals surface area (Å²) in [6.45, 7) is 3.49. The molecule has 4 rings (SSSR count). The van der Waals surface area contributed by atoms with Crippen molar-refractivity contribution < 1.29 is 9.47 Å². The van der Waals surface area contributed by atoms with Crippen LogP contribution in [0.15, 0.2) is 60.8 Å². The summed E-state index contributed by atoms with van der Waals surface area (Å²) in [4.78, 5) is 0. The van der Waals surface area contributed by atoms with Gasteiger partial charge in [0.1, 0.15) is 12.4 Å². The molecule has 0 saturated carbocycles. The third kappa shape index (κ3) is 3.46. The van der Waals surface area contributed by atoms with Crippen LogP contribution in [0.1, 0.15) is 18.4 Å².